The van der Waals surface area contributed by atoms with Crippen molar-refractivity contribution in [1.82, 2.24) is 24.1 Å². The molecule has 0 bridgehead atoms. The van der Waals surface area contributed by atoms with Gasteiger partial charge in [-0.15, -0.1) is 5.10 Å². The fourth-order valence-electron chi connectivity index (χ4n) is 1.64. The second-order valence-electron chi connectivity index (χ2n) is 3.58. The Morgan fingerprint density at radius 3 is 3.05 bits per heavy atom. The van der Waals surface area contributed by atoms with Gasteiger partial charge in [-0.2, -0.15) is 14.1 Å². The van der Waals surface area contributed by atoms with Gasteiger partial charge in [-0.05, 0) is 4.92 Å². The Morgan fingerprint density at radius 2 is 2.35 bits per heavy atom. The van der Waals surface area contributed by atoms with Gasteiger partial charge >= 0.3 is 11.8 Å². The van der Waals surface area contributed by atoms with E-state index in [2.05, 4.69) is 19.8 Å². The molecule has 102 valence electrons. The molecule has 3 rings (SSSR count). The standard InChI is InChI=1S/C9H6N6O4S/c1-19-8(16)5-10-4-14(12-5)6-7(15(17)18)13-2-3-20-9(13)11-6/h2-4H,1H3. The van der Waals surface area contributed by atoms with Crippen LogP contribution in [0.4, 0.5) is 5.82 Å². The number of hydrogen-bond donors (Lipinski definition) is 0. The Hall–Kier alpha value is -2.82. The second kappa shape index (κ2) is 4.38. The highest BCUT2D eigenvalue weighted by atomic mass is 32.1. The van der Waals surface area contributed by atoms with Gasteiger partial charge in [0.1, 0.15) is 12.5 Å². The molecular formula is C9H6N6O4S. The summed E-state index contributed by atoms with van der Waals surface area (Å²) in [6.07, 6.45) is 2.71. The van der Waals surface area contributed by atoms with Crippen LogP contribution in [0.5, 0.6) is 0 Å². The van der Waals surface area contributed by atoms with Crippen LogP contribution in [-0.4, -0.2) is 42.2 Å². The zero-order chi connectivity index (χ0) is 14.3. The average molecular weight is 294 g/mol. The van der Waals surface area contributed by atoms with E-state index >= 15 is 0 Å². The third kappa shape index (κ3) is 1.72. The summed E-state index contributed by atoms with van der Waals surface area (Å²) >= 11 is 1.25. The highest BCUT2D eigenvalue weighted by molar-refractivity contribution is 7.15. The number of nitro groups is 1. The minimum atomic E-state index is -0.729. The molecule has 20 heavy (non-hydrogen) atoms. The molecule has 0 N–H and O–H groups in total. The maximum Gasteiger partial charge on any atom is 0.377 e. The van der Waals surface area contributed by atoms with Gasteiger partial charge in [-0.1, -0.05) is 11.3 Å². The lowest BCUT2D eigenvalue weighted by molar-refractivity contribution is -0.390. The minimum absolute atomic E-state index is 0.00972. The number of esters is 1. The smallest absolute Gasteiger partial charge is 0.377 e. The van der Waals surface area contributed by atoms with Crippen LogP contribution in [0.1, 0.15) is 10.6 Å². The first-order valence-corrected chi connectivity index (χ1v) is 6.10. The van der Waals surface area contributed by atoms with E-state index in [9.17, 15) is 14.9 Å². The topological polar surface area (TPSA) is 117 Å². The predicted molar refractivity (Wildman–Crippen MR) is 66.0 cm³/mol. The van der Waals surface area contributed by atoms with E-state index in [0.717, 1.165) is 4.68 Å². The van der Waals surface area contributed by atoms with Gasteiger partial charge in [0.2, 0.25) is 0 Å². The van der Waals surface area contributed by atoms with Gasteiger partial charge in [-0.25, -0.2) is 9.78 Å². The number of ether oxygens (including phenoxy) is 1. The van der Waals surface area contributed by atoms with E-state index in [4.69, 9.17) is 0 Å². The van der Waals surface area contributed by atoms with Crippen LogP contribution < -0.4 is 0 Å². The van der Waals surface area contributed by atoms with E-state index in [1.54, 1.807) is 5.38 Å². The van der Waals surface area contributed by atoms with Crippen molar-refractivity contribution in [3.63, 3.8) is 0 Å². The summed E-state index contributed by atoms with van der Waals surface area (Å²) in [4.78, 5) is 30.2. The third-order valence-electron chi connectivity index (χ3n) is 2.47. The molecule has 3 aromatic heterocycles. The molecule has 11 heteroatoms. The quantitative estimate of drug-likeness (QED) is 0.396. The molecule has 0 atom stereocenters. The second-order valence-corrected chi connectivity index (χ2v) is 4.45. The maximum absolute atomic E-state index is 11.3. The third-order valence-corrected chi connectivity index (χ3v) is 3.23. The number of fused-ring (bicyclic) bond motifs is 1. The molecule has 0 spiro atoms. The average Bonchev–Trinajstić information content (AvgIpc) is 3.10. The SMILES string of the molecule is COC(=O)c1ncn(-c2nc3sccn3c2[N+](=O)[O-])n1. The summed E-state index contributed by atoms with van der Waals surface area (Å²) in [6.45, 7) is 0. The molecule has 0 amide bonds. The molecule has 0 aliphatic carbocycles. The van der Waals surface area contributed by atoms with Gasteiger partial charge in [-0.3, -0.25) is 0 Å². The first kappa shape index (κ1) is 12.2. The lowest BCUT2D eigenvalue weighted by atomic mass is 10.6. The zero-order valence-corrected chi connectivity index (χ0v) is 10.8. The molecule has 3 heterocycles. The Labute approximate surface area is 114 Å². The van der Waals surface area contributed by atoms with Gasteiger partial charge in [0.25, 0.3) is 16.6 Å². The zero-order valence-electron chi connectivity index (χ0n) is 9.96. The fraction of sp³-hybridized carbons (Fsp3) is 0.111. The van der Waals surface area contributed by atoms with Crippen LogP contribution in [-0.2, 0) is 4.74 Å². The molecule has 0 radical (unpaired) electrons. The molecule has 0 aromatic carbocycles. The Morgan fingerprint density at radius 1 is 1.55 bits per heavy atom. The van der Waals surface area contributed by atoms with Crippen molar-refractivity contribution in [3.05, 3.63) is 33.8 Å². The van der Waals surface area contributed by atoms with E-state index < -0.39 is 10.9 Å². The maximum atomic E-state index is 11.3. The van der Waals surface area contributed by atoms with Gasteiger partial charge < -0.3 is 14.9 Å². The minimum Gasteiger partial charge on any atom is -0.463 e. The van der Waals surface area contributed by atoms with Crippen LogP contribution in [0, 0.1) is 10.1 Å². The number of carbonyl (C=O) groups excluding carboxylic acids is 1. The van der Waals surface area contributed by atoms with Crippen LogP contribution in [0.25, 0.3) is 10.8 Å². The molecule has 0 unspecified atom stereocenters. The lowest BCUT2D eigenvalue weighted by Gasteiger charge is -1.96. The van der Waals surface area contributed by atoms with Crippen molar-refractivity contribution in [2.45, 2.75) is 0 Å². The number of methoxy groups -OCH3 is 1. The number of thiazole rings is 1. The van der Waals surface area contributed by atoms with Crippen LogP contribution >= 0.6 is 11.3 Å². The highest BCUT2D eigenvalue weighted by Crippen LogP contribution is 2.26. The molecule has 0 saturated heterocycles. The largest absolute Gasteiger partial charge is 0.463 e. The lowest BCUT2D eigenvalue weighted by Crippen LogP contribution is -2.06. The Balaban J connectivity index is 2.16. The van der Waals surface area contributed by atoms with Crippen molar-refractivity contribution in [2.75, 3.05) is 7.11 Å². The molecule has 0 saturated carbocycles. The number of rotatable bonds is 3. The van der Waals surface area contributed by atoms with Crippen LogP contribution in [0.2, 0.25) is 0 Å². The van der Waals surface area contributed by atoms with Crippen molar-refractivity contribution in [2.24, 2.45) is 0 Å². The number of imidazole rings is 1. The predicted octanol–water partition coefficient (Wildman–Crippen LogP) is 0.671. The summed E-state index contributed by atoms with van der Waals surface area (Å²) in [5, 5.41) is 16.7. The van der Waals surface area contributed by atoms with Crippen LogP contribution in [0.15, 0.2) is 17.9 Å². The Kier molecular flexibility index (Phi) is 2.68. The van der Waals surface area contributed by atoms with Crippen molar-refractivity contribution >= 4 is 28.1 Å². The summed E-state index contributed by atoms with van der Waals surface area (Å²) in [5.41, 5.74) is 0. The van der Waals surface area contributed by atoms with E-state index in [1.165, 1.54) is 35.4 Å². The summed E-state index contributed by atoms with van der Waals surface area (Å²) < 4.78 is 6.88. The molecular weight excluding hydrogens is 288 g/mol. The molecule has 10 nitrogen and oxygen atoms in total. The number of carbonyl (C=O) groups is 1. The number of nitrogens with zero attached hydrogens (tertiary/aromatic N) is 6. The summed E-state index contributed by atoms with van der Waals surface area (Å²) in [7, 11) is 1.19. The monoisotopic (exact) mass is 294 g/mol. The van der Waals surface area contributed by atoms with E-state index in [-0.39, 0.29) is 17.5 Å². The van der Waals surface area contributed by atoms with Crippen molar-refractivity contribution < 1.29 is 14.5 Å². The Bertz CT molecular complexity index is 817. The van der Waals surface area contributed by atoms with E-state index in [0.29, 0.717) is 4.96 Å². The molecule has 0 aliphatic rings. The molecule has 3 aromatic rings. The summed E-state index contributed by atoms with van der Waals surface area (Å²) in [5.74, 6) is -1.18. The first-order valence-electron chi connectivity index (χ1n) is 5.22. The number of hydrogen-bond acceptors (Lipinski definition) is 8. The van der Waals surface area contributed by atoms with Crippen LogP contribution in [0.3, 0.4) is 0 Å². The fourth-order valence-corrected chi connectivity index (χ4v) is 2.34. The molecule has 0 aliphatic heterocycles. The normalized spacial score (nSPS) is 10.8. The summed E-state index contributed by atoms with van der Waals surface area (Å²) in [6, 6.07) is 0. The van der Waals surface area contributed by atoms with Crippen molar-refractivity contribution in [1.29, 1.82) is 0 Å². The van der Waals surface area contributed by atoms with Gasteiger partial charge in [0, 0.05) is 5.38 Å². The first-order chi connectivity index (χ1) is 9.61. The van der Waals surface area contributed by atoms with Crippen molar-refractivity contribution in [3.8, 4) is 5.82 Å². The number of aromatic nitrogens is 5. The van der Waals surface area contributed by atoms with Gasteiger partial charge in [0.15, 0.2) is 0 Å². The highest BCUT2D eigenvalue weighted by Gasteiger charge is 2.26. The van der Waals surface area contributed by atoms with E-state index in [1.807, 2.05) is 0 Å². The molecule has 0 fully saturated rings. The van der Waals surface area contributed by atoms with Gasteiger partial charge in [0.05, 0.1) is 7.11 Å².